The summed E-state index contributed by atoms with van der Waals surface area (Å²) in [6.07, 6.45) is 0. The van der Waals surface area contributed by atoms with E-state index in [1.165, 1.54) is 24.3 Å². The molecule has 0 fully saturated rings. The van der Waals surface area contributed by atoms with E-state index in [4.69, 9.17) is 6.70 Å². The normalized spacial score (nSPS) is 12.9. The van der Waals surface area contributed by atoms with Gasteiger partial charge in [0.15, 0.2) is 12.9 Å². The lowest BCUT2D eigenvalue weighted by atomic mass is 9.87. The summed E-state index contributed by atoms with van der Waals surface area (Å²) in [5.41, 5.74) is 2.16. The second kappa shape index (κ2) is 12.5. The van der Waals surface area contributed by atoms with Crippen LogP contribution in [-0.2, 0) is 33.6 Å². The fourth-order valence-electron chi connectivity index (χ4n) is 4.73. The first kappa shape index (κ1) is 33.1. The Labute approximate surface area is 274 Å². The van der Waals surface area contributed by atoms with Gasteiger partial charge >= 0.3 is 40.5 Å². The summed E-state index contributed by atoms with van der Waals surface area (Å²) in [5, 5.41) is 0.645. The van der Waals surface area contributed by atoms with Crippen molar-refractivity contribution in [3.8, 4) is 5.75 Å². The number of halogens is 1. The Hall–Kier alpha value is -3.25. The van der Waals surface area contributed by atoms with Gasteiger partial charge in [-0.1, -0.05) is 108 Å². The minimum absolute atomic E-state index is 0.00122. The molecule has 0 spiro atoms. The molecule has 0 aliphatic heterocycles. The van der Waals surface area contributed by atoms with E-state index in [9.17, 15) is 16.8 Å². The Kier molecular flexibility index (Phi) is 9.21. The minimum atomic E-state index is -4.31. The van der Waals surface area contributed by atoms with Crippen molar-refractivity contribution in [1.29, 1.82) is 0 Å². The summed E-state index contributed by atoms with van der Waals surface area (Å²) in [6.45, 7) is 12.8. The molecule has 5 aromatic carbocycles. The lowest BCUT2D eigenvalue weighted by Gasteiger charge is -2.19. The molecular weight excluding hydrogens is 719 g/mol. The fourth-order valence-corrected chi connectivity index (χ4v) is 12.8. The van der Waals surface area contributed by atoms with Gasteiger partial charge in [-0.05, 0) is 73.0 Å². The van der Waals surface area contributed by atoms with Gasteiger partial charge in [-0.25, -0.2) is 0 Å². The molecule has 0 saturated carbocycles. The van der Waals surface area contributed by atoms with Crippen molar-refractivity contribution in [2.75, 3.05) is 0 Å². The Balaban J connectivity index is 1.57. The van der Waals surface area contributed by atoms with E-state index in [1.807, 2.05) is 48.5 Å². The van der Waals surface area contributed by atoms with E-state index in [0.29, 0.717) is 10.8 Å². The van der Waals surface area contributed by atoms with Gasteiger partial charge in [-0.3, -0.25) is 0 Å². The van der Waals surface area contributed by atoms with Crippen LogP contribution in [0.2, 0.25) is 0 Å². The highest BCUT2D eigenvalue weighted by atomic mass is 127. The van der Waals surface area contributed by atoms with Crippen LogP contribution in [0.5, 0.6) is 5.75 Å². The van der Waals surface area contributed by atoms with Crippen LogP contribution in [0.3, 0.4) is 0 Å². The van der Waals surface area contributed by atoms with E-state index in [-0.39, 0.29) is 26.4 Å². The second-order valence-corrected chi connectivity index (χ2v) is 20.7. The van der Waals surface area contributed by atoms with Crippen molar-refractivity contribution in [1.82, 2.24) is 0 Å². The topological polar surface area (TPSA) is 86.7 Å². The van der Waals surface area contributed by atoms with Crippen molar-refractivity contribution < 1.29 is 43.8 Å². The maximum absolute atomic E-state index is 14.1. The fraction of sp³-hybridized carbons (Fsp3) is 0.222. The quantitative estimate of drug-likeness (QED) is 0.160. The molecule has 45 heavy (non-hydrogen) atoms. The number of hydrogen-bond donors (Lipinski definition) is 0. The number of benzene rings is 5. The van der Waals surface area contributed by atoms with Crippen molar-refractivity contribution >= 4 is 31.0 Å². The van der Waals surface area contributed by atoms with Crippen LogP contribution >= 0.6 is 0 Å². The SMILES string of the molecule is CC(C)(C)c1ccc([I+](OS(=O)(=O)c2ccc(OS(=O)(=O)c3ccccc3)c3ccccc23)c2ccc(C(C)(C)C)cc2)cc1. The molecule has 9 heteroatoms. The van der Waals surface area contributed by atoms with Gasteiger partial charge < -0.3 is 4.18 Å². The van der Waals surface area contributed by atoms with Gasteiger partial charge in [-0.15, -0.1) is 0 Å². The van der Waals surface area contributed by atoms with Crippen LogP contribution in [0.1, 0.15) is 52.7 Å². The van der Waals surface area contributed by atoms with Crippen LogP contribution in [0.15, 0.2) is 125 Å². The Morgan fingerprint density at radius 1 is 0.511 bits per heavy atom. The third-order valence-electron chi connectivity index (χ3n) is 7.31. The van der Waals surface area contributed by atoms with Gasteiger partial charge in [-0.2, -0.15) is 16.8 Å². The molecule has 0 aliphatic rings. The monoisotopic (exact) mass is 756 g/mol. The number of fused-ring (bicyclic) bond motifs is 1. The summed E-state index contributed by atoms with van der Waals surface area (Å²) < 4.78 is 67.7. The third-order valence-corrected chi connectivity index (χ3v) is 15.9. The Bertz CT molecular complexity index is 1970. The van der Waals surface area contributed by atoms with Crippen molar-refractivity contribution in [2.24, 2.45) is 0 Å². The van der Waals surface area contributed by atoms with Crippen molar-refractivity contribution in [3.63, 3.8) is 0 Å². The summed E-state index contributed by atoms with van der Waals surface area (Å²) in [5.74, 6) is 0.0271. The summed E-state index contributed by atoms with van der Waals surface area (Å²) in [4.78, 5) is -0.0545. The Morgan fingerprint density at radius 3 is 1.47 bits per heavy atom. The molecule has 6 nitrogen and oxygen atoms in total. The average Bonchev–Trinajstić information content (AvgIpc) is 2.99. The molecule has 0 heterocycles. The van der Waals surface area contributed by atoms with E-state index >= 15 is 0 Å². The first-order valence-electron chi connectivity index (χ1n) is 14.4. The van der Waals surface area contributed by atoms with Gasteiger partial charge in [0, 0.05) is 10.8 Å². The largest absolute Gasteiger partial charge is 0.378 e. The smallest absolute Gasteiger partial charge is 0.339 e. The summed E-state index contributed by atoms with van der Waals surface area (Å²) in [7, 11) is -8.45. The van der Waals surface area contributed by atoms with E-state index in [1.54, 1.807) is 42.5 Å². The molecule has 235 valence electrons. The Morgan fingerprint density at radius 2 is 0.978 bits per heavy atom. The van der Waals surface area contributed by atoms with Crippen LogP contribution in [0.25, 0.3) is 10.8 Å². The summed E-state index contributed by atoms with van der Waals surface area (Å²) >= 11 is -3.02. The highest BCUT2D eigenvalue weighted by molar-refractivity contribution is 7.87. The average molecular weight is 757 g/mol. The second-order valence-electron chi connectivity index (χ2n) is 12.7. The first-order valence-corrected chi connectivity index (χ1v) is 20.3. The van der Waals surface area contributed by atoms with Gasteiger partial charge in [0.25, 0.3) is 0 Å². The molecule has 0 bridgehead atoms. The predicted molar refractivity (Wildman–Crippen MR) is 174 cm³/mol. The molecule has 0 unspecified atom stereocenters. The van der Waals surface area contributed by atoms with Crippen LogP contribution < -0.4 is 24.4 Å². The molecular formula is C36H37IO6S2+. The minimum Gasteiger partial charge on any atom is -0.378 e. The predicted octanol–water partition coefficient (Wildman–Crippen LogP) is 5.19. The molecule has 1 radical (unpaired) electrons. The zero-order valence-corrected chi connectivity index (χ0v) is 29.9. The molecule has 5 aromatic rings. The van der Waals surface area contributed by atoms with Gasteiger partial charge in [0.2, 0.25) is 0 Å². The molecule has 5 rings (SSSR count). The van der Waals surface area contributed by atoms with Crippen LogP contribution in [0.4, 0.5) is 0 Å². The standard InChI is InChI=1S/C36H37IO6S2/c1-35(2,3)26-16-20-28(21-17-26)37(29-22-18-27(19-23-29)36(4,5)6)43-45(40,41)34-25-24-33(31-14-10-11-15-32(31)34)42-44(38,39)30-12-8-7-9-13-30/h7-25H,1-6H3/q+1. The lowest BCUT2D eigenvalue weighted by Crippen LogP contribution is -3.85. The van der Waals surface area contributed by atoms with Gasteiger partial charge in [0.05, 0.1) is 0 Å². The van der Waals surface area contributed by atoms with Crippen LogP contribution in [0, 0.1) is 7.14 Å². The molecule has 0 aromatic heterocycles. The number of rotatable bonds is 8. The van der Waals surface area contributed by atoms with Crippen molar-refractivity contribution in [3.05, 3.63) is 134 Å². The van der Waals surface area contributed by atoms with E-state index < -0.39 is 40.5 Å². The molecule has 0 N–H and O–H groups in total. The lowest BCUT2D eigenvalue weighted by molar-refractivity contribution is -1.03. The summed E-state index contributed by atoms with van der Waals surface area (Å²) in [6, 6.07) is 33.2. The molecule has 0 atom stereocenters. The highest BCUT2D eigenvalue weighted by Gasteiger charge is 2.39. The molecule has 0 saturated heterocycles. The van der Waals surface area contributed by atoms with Gasteiger partial charge in [0.1, 0.15) is 9.79 Å². The zero-order chi connectivity index (χ0) is 32.6. The zero-order valence-electron chi connectivity index (χ0n) is 26.1. The van der Waals surface area contributed by atoms with E-state index in [2.05, 4.69) is 41.5 Å². The molecule has 0 amide bonds. The van der Waals surface area contributed by atoms with Crippen LogP contribution in [-0.4, -0.2) is 16.8 Å². The van der Waals surface area contributed by atoms with Crippen molar-refractivity contribution in [2.45, 2.75) is 62.2 Å². The third kappa shape index (κ3) is 7.43. The van der Waals surface area contributed by atoms with E-state index in [0.717, 1.165) is 18.3 Å². The first-order chi connectivity index (χ1) is 21.1. The maximum Gasteiger partial charge on any atom is 0.339 e. The molecule has 0 aliphatic carbocycles. The maximum atomic E-state index is 14.1. The highest BCUT2D eigenvalue weighted by Crippen LogP contribution is 2.33. The number of hydrogen-bond acceptors (Lipinski definition) is 6.